The number of hydrogen-bond donors (Lipinski definition) is 1. The fraction of sp³-hybridized carbons (Fsp3) is 0.224. The molecule has 8 aromatic rings. The van der Waals surface area contributed by atoms with Crippen LogP contribution in [0.2, 0.25) is 0 Å². The number of nitrogens with one attached hydrogen (secondary N) is 1. The van der Waals surface area contributed by atoms with E-state index < -0.39 is 0 Å². The predicted molar refractivity (Wildman–Crippen MR) is 307 cm³/mol. The van der Waals surface area contributed by atoms with Crippen molar-refractivity contribution in [2.45, 2.75) is 51.4 Å². The maximum atomic E-state index is 6.18. The van der Waals surface area contributed by atoms with Crippen LogP contribution < -0.4 is 43.2 Å². The van der Waals surface area contributed by atoms with Crippen molar-refractivity contribution in [3.63, 3.8) is 0 Å². The van der Waals surface area contributed by atoms with Crippen molar-refractivity contribution < 1.29 is 37.9 Å². The Balaban J connectivity index is 0.000000188. The third-order valence-corrected chi connectivity index (χ3v) is 13.7. The fourth-order valence-electron chi connectivity index (χ4n) is 9.52. The number of methoxy groups -OCH3 is 4. The van der Waals surface area contributed by atoms with Crippen molar-refractivity contribution in [2.24, 2.45) is 0 Å². The van der Waals surface area contributed by atoms with Gasteiger partial charge in [-0.15, -0.1) is 0 Å². The van der Waals surface area contributed by atoms with Crippen LogP contribution in [0.15, 0.2) is 194 Å². The van der Waals surface area contributed by atoms with Gasteiger partial charge < -0.3 is 43.2 Å². The van der Waals surface area contributed by atoms with Crippen LogP contribution in [0.25, 0.3) is 12.2 Å². The Labute approximate surface area is 454 Å². The summed E-state index contributed by atoms with van der Waals surface area (Å²) in [4.78, 5) is 2.36. The number of hydrogen-bond acceptors (Lipinski definition) is 10. The molecule has 0 aromatic heterocycles. The first-order chi connectivity index (χ1) is 37.9. The number of benzene rings is 8. The van der Waals surface area contributed by atoms with Crippen LogP contribution in [0, 0.1) is 0 Å². The number of nitrogens with zero attached hydrogens (tertiary/aromatic N) is 1. The number of likely N-dealkylation sites (N-methyl/N-ethyl adjacent to an activating group) is 1. The van der Waals surface area contributed by atoms with Crippen LogP contribution in [0.5, 0.6) is 46.0 Å². The molecule has 2 aliphatic rings. The molecule has 0 amide bonds. The molecule has 8 aromatic carbocycles. The summed E-state index contributed by atoms with van der Waals surface area (Å²) in [6, 6.07) is 61.3. The van der Waals surface area contributed by atoms with Crippen LogP contribution in [-0.4, -0.2) is 53.5 Å². The first kappa shape index (κ1) is 53.4. The van der Waals surface area contributed by atoms with E-state index in [0.29, 0.717) is 32.2 Å². The summed E-state index contributed by atoms with van der Waals surface area (Å²) in [6.45, 7) is 3.82. The van der Waals surface area contributed by atoms with Gasteiger partial charge in [0.15, 0.2) is 46.0 Å². The molecule has 2 unspecified atom stereocenters. The van der Waals surface area contributed by atoms with E-state index >= 15 is 0 Å². The SMILES string of the molecule is COc1ccc(/C=C/C2NCCc3cc(OCc4ccccc4)c(OC)cc32)cc1OCc1ccccc1.COc1ccc(/C=C/C2c3cc(OC)c(OCc4ccccc4)cc3CCN2C)cc1OCc1ccccc1. The van der Waals surface area contributed by atoms with Gasteiger partial charge in [-0.25, -0.2) is 0 Å². The number of rotatable bonds is 20. The molecule has 0 spiro atoms. The van der Waals surface area contributed by atoms with Gasteiger partial charge in [0.1, 0.15) is 26.4 Å². The number of fused-ring (bicyclic) bond motifs is 2. The van der Waals surface area contributed by atoms with Gasteiger partial charge in [0.25, 0.3) is 0 Å². The highest BCUT2D eigenvalue weighted by atomic mass is 16.5. The lowest BCUT2D eigenvalue weighted by molar-refractivity contribution is 0.264. The molecule has 1 N–H and O–H groups in total. The Morgan fingerprint density at radius 2 is 0.805 bits per heavy atom. The summed E-state index contributed by atoms with van der Waals surface area (Å²) in [5.41, 5.74) is 11.6. The molecule has 0 saturated carbocycles. The van der Waals surface area contributed by atoms with Crippen LogP contribution >= 0.6 is 0 Å². The maximum Gasteiger partial charge on any atom is 0.162 e. The standard InChI is InChI=1S/C34H35NO4.C33H33NO4/c1-35-19-18-28-21-34(39-24-27-12-8-5-9-13-27)32(37-3)22-29(28)30(35)16-14-25-15-17-31(36-2)33(20-25)38-23-26-10-6-4-7-11-26;1-35-30-16-14-24(19-32(30)37-22-25-9-5-3-6-10-25)13-15-29-28-21-31(36-2)33(20-27(28)17-18-34-29)38-23-26-11-7-4-8-12-26/h4-17,20-22,30H,18-19,23-24H2,1-3H3;3-16,19-21,29,34H,17-18,22-23H2,1-2H3/b16-14+;15-13+. The van der Waals surface area contributed by atoms with Gasteiger partial charge >= 0.3 is 0 Å². The fourth-order valence-corrected chi connectivity index (χ4v) is 9.52. The molecule has 2 heterocycles. The van der Waals surface area contributed by atoms with Gasteiger partial charge in [0.2, 0.25) is 0 Å². The van der Waals surface area contributed by atoms with Crippen molar-refractivity contribution in [3.05, 3.63) is 250 Å². The summed E-state index contributed by atoms with van der Waals surface area (Å²) >= 11 is 0. The minimum Gasteiger partial charge on any atom is -0.493 e. The van der Waals surface area contributed by atoms with E-state index in [1.807, 2.05) is 103 Å². The number of ether oxygens (including phenoxy) is 8. The van der Waals surface area contributed by atoms with E-state index in [9.17, 15) is 0 Å². The van der Waals surface area contributed by atoms with Crippen molar-refractivity contribution in [1.82, 2.24) is 10.2 Å². The van der Waals surface area contributed by atoms with E-state index in [4.69, 9.17) is 37.9 Å². The normalized spacial score (nSPS) is 14.9. The van der Waals surface area contributed by atoms with Gasteiger partial charge in [-0.05, 0) is 124 Å². The molecule has 2 aliphatic heterocycles. The second kappa shape index (κ2) is 26.9. The lowest BCUT2D eigenvalue weighted by Gasteiger charge is -2.33. The summed E-state index contributed by atoms with van der Waals surface area (Å²) in [7, 11) is 8.87. The van der Waals surface area contributed by atoms with Gasteiger partial charge in [-0.3, -0.25) is 4.90 Å². The van der Waals surface area contributed by atoms with Crippen molar-refractivity contribution >= 4 is 12.2 Å². The summed E-state index contributed by atoms with van der Waals surface area (Å²) in [5.74, 6) is 5.92. The second-order valence-electron chi connectivity index (χ2n) is 18.9. The molecule has 2 atom stereocenters. The average Bonchev–Trinajstić information content (AvgIpc) is 3.50. The van der Waals surface area contributed by atoms with E-state index in [2.05, 4.69) is 120 Å². The summed E-state index contributed by atoms with van der Waals surface area (Å²) in [6.07, 6.45) is 10.6. The van der Waals surface area contributed by atoms with Crippen LogP contribution in [0.1, 0.15) is 67.7 Å². The molecule has 0 fully saturated rings. The molecule has 0 aliphatic carbocycles. The first-order valence-corrected chi connectivity index (χ1v) is 26.1. The highest BCUT2D eigenvalue weighted by Crippen LogP contribution is 2.40. The summed E-state index contributed by atoms with van der Waals surface area (Å²) in [5, 5.41) is 3.62. The molecule has 394 valence electrons. The smallest absolute Gasteiger partial charge is 0.162 e. The van der Waals surface area contributed by atoms with Crippen LogP contribution in [0.4, 0.5) is 0 Å². The van der Waals surface area contributed by atoms with E-state index in [0.717, 1.165) is 99.6 Å². The molecule has 0 saturated heterocycles. The molecule has 0 bridgehead atoms. The summed E-state index contributed by atoms with van der Waals surface area (Å²) < 4.78 is 47.1. The molecule has 0 radical (unpaired) electrons. The second-order valence-corrected chi connectivity index (χ2v) is 18.9. The van der Waals surface area contributed by atoms with Crippen molar-refractivity contribution in [1.29, 1.82) is 0 Å². The zero-order valence-electron chi connectivity index (χ0n) is 44.7. The third kappa shape index (κ3) is 14.3. The van der Waals surface area contributed by atoms with E-state index in [1.165, 1.54) is 22.3 Å². The average molecular weight is 1030 g/mol. The lowest BCUT2D eigenvalue weighted by atomic mass is 9.91. The Bertz CT molecular complexity index is 3200. The molecule has 10 nitrogen and oxygen atoms in total. The zero-order chi connectivity index (χ0) is 53.2. The van der Waals surface area contributed by atoms with Crippen molar-refractivity contribution in [3.8, 4) is 46.0 Å². The van der Waals surface area contributed by atoms with Gasteiger partial charge in [-0.2, -0.15) is 0 Å². The molecule has 10 rings (SSSR count). The predicted octanol–water partition coefficient (Wildman–Crippen LogP) is 13.9. The van der Waals surface area contributed by atoms with Crippen LogP contribution in [0.3, 0.4) is 0 Å². The molecular formula is C67H68N2O8. The quantitative estimate of drug-likeness (QED) is 0.0796. The Kier molecular flexibility index (Phi) is 18.6. The van der Waals surface area contributed by atoms with Gasteiger partial charge in [0.05, 0.1) is 40.5 Å². The molecular weight excluding hydrogens is 961 g/mol. The third-order valence-electron chi connectivity index (χ3n) is 13.7. The Hall–Kier alpha value is -8.44. The molecule has 77 heavy (non-hydrogen) atoms. The maximum absolute atomic E-state index is 6.18. The van der Waals surface area contributed by atoms with E-state index in [1.54, 1.807) is 28.4 Å². The topological polar surface area (TPSA) is 89.1 Å². The minimum atomic E-state index is 0.0617. The zero-order valence-corrected chi connectivity index (χ0v) is 44.7. The van der Waals surface area contributed by atoms with E-state index in [-0.39, 0.29) is 12.1 Å². The lowest BCUT2D eigenvalue weighted by Crippen LogP contribution is -2.31. The Morgan fingerprint density at radius 3 is 1.23 bits per heavy atom. The highest BCUT2D eigenvalue weighted by molar-refractivity contribution is 5.60. The Morgan fingerprint density at radius 1 is 0.416 bits per heavy atom. The first-order valence-electron chi connectivity index (χ1n) is 26.1. The largest absolute Gasteiger partial charge is 0.493 e. The van der Waals surface area contributed by atoms with Crippen molar-refractivity contribution in [2.75, 3.05) is 48.6 Å². The molecule has 10 heteroatoms. The highest BCUT2D eigenvalue weighted by Gasteiger charge is 2.26. The van der Waals surface area contributed by atoms with Gasteiger partial charge in [0, 0.05) is 13.1 Å². The minimum absolute atomic E-state index is 0.0617. The monoisotopic (exact) mass is 1030 g/mol. The van der Waals surface area contributed by atoms with Gasteiger partial charge in [-0.1, -0.05) is 158 Å². The van der Waals surface area contributed by atoms with Crippen LogP contribution in [-0.2, 0) is 39.3 Å².